The quantitative estimate of drug-likeness (QED) is 0.770. The first-order valence-corrected chi connectivity index (χ1v) is 11.6. The third kappa shape index (κ3) is 4.76. The maximum absolute atomic E-state index is 13.5. The highest BCUT2D eigenvalue weighted by molar-refractivity contribution is 5.83. The van der Waals surface area contributed by atoms with Crippen LogP contribution in [0.1, 0.15) is 46.4 Å². The van der Waals surface area contributed by atoms with E-state index in [1.54, 1.807) is 4.57 Å². The molecular weight excluding hydrogens is 390 g/mol. The van der Waals surface area contributed by atoms with Gasteiger partial charge in [0.1, 0.15) is 12.4 Å². The standard InChI is InChI=1S/C24H35N5O2/c1-16(2)13-22-26-21-6-5-19(28-12-11-27-9-7-18(28)8-10-27)14-20(21)24(31)29(22)15-23(30)25-17(3)4/h5-6,14,16-18H,7-13,15H2,1-4H3,(H,25,30). The van der Waals surface area contributed by atoms with E-state index in [2.05, 4.69) is 35.0 Å². The molecule has 4 heterocycles. The molecule has 7 heteroatoms. The Labute approximate surface area is 184 Å². The van der Waals surface area contributed by atoms with Crippen molar-refractivity contribution in [3.05, 3.63) is 34.4 Å². The van der Waals surface area contributed by atoms with Gasteiger partial charge in [0.15, 0.2) is 0 Å². The van der Waals surface area contributed by atoms with E-state index in [0.717, 1.165) is 31.9 Å². The molecule has 3 fully saturated rings. The molecular formula is C24H35N5O2. The molecule has 1 aromatic carbocycles. The van der Waals surface area contributed by atoms with Crippen LogP contribution in [0, 0.1) is 5.92 Å². The molecule has 1 aromatic heterocycles. The number of piperidine rings is 1. The minimum atomic E-state index is -0.155. The topological polar surface area (TPSA) is 70.5 Å². The zero-order valence-corrected chi connectivity index (χ0v) is 19.2. The van der Waals surface area contributed by atoms with E-state index >= 15 is 0 Å². The van der Waals surface area contributed by atoms with E-state index in [1.807, 2.05) is 26.0 Å². The highest BCUT2D eigenvalue weighted by atomic mass is 16.2. The van der Waals surface area contributed by atoms with Crippen LogP contribution in [0.25, 0.3) is 10.9 Å². The number of nitrogens with zero attached hydrogens (tertiary/aromatic N) is 4. The van der Waals surface area contributed by atoms with Crippen molar-refractivity contribution >= 4 is 22.5 Å². The predicted molar refractivity (Wildman–Crippen MR) is 125 cm³/mol. The third-order valence-electron chi connectivity index (χ3n) is 6.35. The van der Waals surface area contributed by atoms with Crippen LogP contribution in [0.5, 0.6) is 0 Å². The summed E-state index contributed by atoms with van der Waals surface area (Å²) in [5.74, 6) is 0.865. The van der Waals surface area contributed by atoms with Crippen molar-refractivity contribution in [3.63, 3.8) is 0 Å². The number of carbonyl (C=O) groups is 1. The Balaban J connectivity index is 1.74. The lowest BCUT2D eigenvalue weighted by Gasteiger charge is -2.33. The molecule has 1 amide bonds. The first-order valence-electron chi connectivity index (χ1n) is 11.6. The largest absolute Gasteiger partial charge is 0.367 e. The summed E-state index contributed by atoms with van der Waals surface area (Å²) in [7, 11) is 0. The van der Waals surface area contributed by atoms with Gasteiger partial charge in [0, 0.05) is 50.4 Å². The molecule has 5 rings (SSSR count). The SMILES string of the molecule is CC(C)Cc1nc2ccc(N3CCN4CCC3CC4)cc2c(=O)n1CC(=O)NC(C)C. The number of amides is 1. The number of nitrogens with one attached hydrogen (secondary N) is 1. The Bertz CT molecular complexity index is 1000. The van der Waals surface area contributed by atoms with Crippen LogP contribution in [0.2, 0.25) is 0 Å². The average molecular weight is 426 g/mol. The second-order valence-corrected chi connectivity index (χ2v) is 9.71. The first kappa shape index (κ1) is 21.8. The fourth-order valence-corrected chi connectivity index (χ4v) is 4.86. The van der Waals surface area contributed by atoms with Crippen LogP contribution in [0.15, 0.2) is 23.0 Å². The molecule has 31 heavy (non-hydrogen) atoms. The van der Waals surface area contributed by atoms with Crippen molar-refractivity contribution in [2.45, 2.75) is 65.6 Å². The molecule has 3 saturated heterocycles. The Morgan fingerprint density at radius 2 is 1.87 bits per heavy atom. The smallest absolute Gasteiger partial charge is 0.261 e. The van der Waals surface area contributed by atoms with Gasteiger partial charge in [0.05, 0.1) is 10.9 Å². The van der Waals surface area contributed by atoms with E-state index in [0.29, 0.717) is 35.1 Å². The van der Waals surface area contributed by atoms with Crippen LogP contribution in [0.4, 0.5) is 5.69 Å². The van der Waals surface area contributed by atoms with Gasteiger partial charge >= 0.3 is 0 Å². The van der Waals surface area contributed by atoms with E-state index in [9.17, 15) is 9.59 Å². The van der Waals surface area contributed by atoms with Crippen molar-refractivity contribution in [3.8, 4) is 0 Å². The summed E-state index contributed by atoms with van der Waals surface area (Å²) in [6.07, 6.45) is 3.00. The Hall–Kier alpha value is -2.41. The summed E-state index contributed by atoms with van der Waals surface area (Å²) in [4.78, 5) is 35.8. The lowest BCUT2D eigenvalue weighted by Crippen LogP contribution is -2.38. The Morgan fingerprint density at radius 3 is 2.55 bits per heavy atom. The Morgan fingerprint density at radius 1 is 1.13 bits per heavy atom. The molecule has 3 aliphatic heterocycles. The summed E-state index contributed by atoms with van der Waals surface area (Å²) >= 11 is 0. The van der Waals surface area contributed by atoms with Crippen LogP contribution in [-0.2, 0) is 17.8 Å². The van der Waals surface area contributed by atoms with Crippen molar-refractivity contribution in [1.29, 1.82) is 0 Å². The van der Waals surface area contributed by atoms with Gasteiger partial charge in [-0.2, -0.15) is 0 Å². The number of aromatic nitrogens is 2. The number of rotatable bonds is 6. The molecule has 3 aliphatic rings. The number of carbonyl (C=O) groups excluding carboxylic acids is 1. The fraction of sp³-hybridized carbons (Fsp3) is 0.625. The van der Waals surface area contributed by atoms with Crippen LogP contribution < -0.4 is 15.8 Å². The monoisotopic (exact) mass is 425 g/mol. The molecule has 0 saturated carbocycles. The molecule has 168 valence electrons. The normalized spacial score (nSPS) is 21.2. The lowest BCUT2D eigenvalue weighted by atomic mass is 10.0. The van der Waals surface area contributed by atoms with E-state index in [-0.39, 0.29) is 24.1 Å². The zero-order chi connectivity index (χ0) is 22.1. The van der Waals surface area contributed by atoms with Crippen LogP contribution in [-0.4, -0.2) is 58.6 Å². The zero-order valence-electron chi connectivity index (χ0n) is 19.2. The third-order valence-corrected chi connectivity index (χ3v) is 6.35. The highest BCUT2D eigenvalue weighted by Crippen LogP contribution is 2.28. The van der Waals surface area contributed by atoms with E-state index in [1.165, 1.54) is 12.8 Å². The van der Waals surface area contributed by atoms with Gasteiger partial charge in [0.2, 0.25) is 5.91 Å². The summed E-state index contributed by atoms with van der Waals surface area (Å²) < 4.78 is 1.57. The van der Waals surface area contributed by atoms with Crippen molar-refractivity contribution in [2.24, 2.45) is 5.92 Å². The molecule has 1 N–H and O–H groups in total. The summed E-state index contributed by atoms with van der Waals surface area (Å²) in [5.41, 5.74) is 1.69. The van der Waals surface area contributed by atoms with E-state index < -0.39 is 0 Å². The average Bonchev–Trinajstić information content (AvgIpc) is 3.04. The van der Waals surface area contributed by atoms with Crippen LogP contribution >= 0.6 is 0 Å². The number of benzene rings is 1. The molecule has 0 unspecified atom stereocenters. The van der Waals surface area contributed by atoms with Crippen molar-refractivity contribution in [2.75, 3.05) is 31.1 Å². The number of fused-ring (bicyclic) bond motifs is 5. The Kier molecular flexibility index (Phi) is 6.32. The highest BCUT2D eigenvalue weighted by Gasteiger charge is 2.29. The summed E-state index contributed by atoms with van der Waals surface area (Å²) in [6, 6.07) is 6.65. The minimum Gasteiger partial charge on any atom is -0.367 e. The molecule has 2 bridgehead atoms. The van der Waals surface area contributed by atoms with E-state index in [4.69, 9.17) is 4.98 Å². The van der Waals surface area contributed by atoms with Crippen molar-refractivity contribution in [1.82, 2.24) is 19.8 Å². The number of hydrogen-bond acceptors (Lipinski definition) is 5. The van der Waals surface area contributed by atoms with Gasteiger partial charge in [-0.1, -0.05) is 13.8 Å². The second-order valence-electron chi connectivity index (χ2n) is 9.71. The van der Waals surface area contributed by atoms with Gasteiger partial charge in [-0.05, 0) is 50.8 Å². The van der Waals surface area contributed by atoms with Gasteiger partial charge in [-0.3, -0.25) is 14.2 Å². The first-order chi connectivity index (χ1) is 14.8. The van der Waals surface area contributed by atoms with Crippen LogP contribution in [0.3, 0.4) is 0 Å². The summed E-state index contributed by atoms with van der Waals surface area (Å²) in [6.45, 7) is 12.4. The molecule has 7 nitrogen and oxygen atoms in total. The maximum Gasteiger partial charge on any atom is 0.261 e. The second kappa shape index (κ2) is 8.99. The predicted octanol–water partition coefficient (Wildman–Crippen LogP) is 2.40. The maximum atomic E-state index is 13.5. The molecule has 2 aromatic rings. The number of anilines is 1. The van der Waals surface area contributed by atoms with Gasteiger partial charge in [0.25, 0.3) is 5.56 Å². The lowest BCUT2D eigenvalue weighted by molar-refractivity contribution is -0.122. The fourth-order valence-electron chi connectivity index (χ4n) is 4.86. The number of hydrogen-bond donors (Lipinski definition) is 1. The molecule has 0 aliphatic carbocycles. The minimum absolute atomic E-state index is 0.00747. The molecule has 0 atom stereocenters. The van der Waals surface area contributed by atoms with Gasteiger partial charge < -0.3 is 15.1 Å². The van der Waals surface area contributed by atoms with Gasteiger partial charge in [-0.25, -0.2) is 4.98 Å². The van der Waals surface area contributed by atoms with Crippen molar-refractivity contribution < 1.29 is 4.79 Å². The van der Waals surface area contributed by atoms with Gasteiger partial charge in [-0.15, -0.1) is 0 Å². The summed E-state index contributed by atoms with van der Waals surface area (Å²) in [5, 5.41) is 3.49. The molecule has 0 radical (unpaired) electrons. The molecule has 0 spiro atoms.